The molecule has 0 radical (unpaired) electrons. The lowest BCUT2D eigenvalue weighted by Crippen LogP contribution is -2.35. The number of carbonyl (C=O) groups is 1. The van der Waals surface area contributed by atoms with Crippen molar-refractivity contribution in [3.63, 3.8) is 0 Å². The number of likely N-dealkylation sites (N-methyl/N-ethyl adjacent to an activating group) is 2. The molecule has 82 valence electrons. The van der Waals surface area contributed by atoms with Crippen molar-refractivity contribution in [1.29, 1.82) is 0 Å². The SMILES string of the molecule is CC.CCN1CC2(CC2)N(CC)C1=O. The van der Waals surface area contributed by atoms with E-state index in [1.165, 1.54) is 12.8 Å². The molecule has 0 N–H and O–H groups in total. The first-order valence-electron chi connectivity index (χ1n) is 5.80. The Hall–Kier alpha value is -0.730. The van der Waals surface area contributed by atoms with E-state index < -0.39 is 0 Å². The van der Waals surface area contributed by atoms with E-state index in [4.69, 9.17) is 0 Å². The molecule has 1 aliphatic carbocycles. The summed E-state index contributed by atoms with van der Waals surface area (Å²) in [5, 5.41) is 0. The Morgan fingerprint density at radius 1 is 1.21 bits per heavy atom. The van der Waals surface area contributed by atoms with E-state index >= 15 is 0 Å². The Balaban J connectivity index is 0.000000461. The Morgan fingerprint density at radius 3 is 2.07 bits per heavy atom. The van der Waals surface area contributed by atoms with E-state index in [0.717, 1.165) is 19.6 Å². The lowest BCUT2D eigenvalue weighted by Gasteiger charge is -2.19. The molecule has 0 aromatic heterocycles. The molecule has 1 aliphatic heterocycles. The summed E-state index contributed by atoms with van der Waals surface area (Å²) >= 11 is 0. The molecular weight excluding hydrogens is 176 g/mol. The first-order chi connectivity index (χ1) is 6.73. The molecule has 1 saturated heterocycles. The van der Waals surface area contributed by atoms with Gasteiger partial charge in [0.1, 0.15) is 0 Å². The quantitative estimate of drug-likeness (QED) is 0.668. The van der Waals surface area contributed by atoms with Gasteiger partial charge in [0.05, 0.1) is 5.54 Å². The molecule has 0 bridgehead atoms. The summed E-state index contributed by atoms with van der Waals surface area (Å²) in [5.74, 6) is 0. The van der Waals surface area contributed by atoms with Gasteiger partial charge in [-0.1, -0.05) is 13.8 Å². The smallest absolute Gasteiger partial charge is 0.320 e. The number of nitrogens with zero attached hydrogens (tertiary/aromatic N) is 2. The lowest BCUT2D eigenvalue weighted by molar-refractivity contribution is 0.188. The molecule has 1 saturated carbocycles. The highest BCUT2D eigenvalue weighted by molar-refractivity contribution is 5.79. The average molecular weight is 198 g/mol. The van der Waals surface area contributed by atoms with Crippen LogP contribution in [0, 0.1) is 0 Å². The van der Waals surface area contributed by atoms with Crippen molar-refractivity contribution >= 4 is 6.03 Å². The fourth-order valence-electron chi connectivity index (χ4n) is 2.17. The molecule has 0 aromatic carbocycles. The highest BCUT2D eigenvalue weighted by Crippen LogP contribution is 2.46. The molecule has 3 nitrogen and oxygen atoms in total. The van der Waals surface area contributed by atoms with Crippen molar-refractivity contribution in [2.45, 2.75) is 46.1 Å². The Morgan fingerprint density at radius 2 is 1.79 bits per heavy atom. The minimum Gasteiger partial charge on any atom is -0.323 e. The van der Waals surface area contributed by atoms with Crippen molar-refractivity contribution in [2.24, 2.45) is 0 Å². The van der Waals surface area contributed by atoms with Gasteiger partial charge in [0.15, 0.2) is 0 Å². The highest BCUT2D eigenvalue weighted by Gasteiger charge is 2.56. The van der Waals surface area contributed by atoms with Crippen molar-refractivity contribution < 1.29 is 4.79 Å². The Bertz CT molecular complexity index is 211. The van der Waals surface area contributed by atoms with Crippen molar-refractivity contribution in [3.8, 4) is 0 Å². The van der Waals surface area contributed by atoms with Gasteiger partial charge in [-0.2, -0.15) is 0 Å². The van der Waals surface area contributed by atoms with Crippen LogP contribution in [-0.4, -0.2) is 41.0 Å². The van der Waals surface area contributed by atoms with Crippen LogP contribution in [-0.2, 0) is 0 Å². The maximum absolute atomic E-state index is 11.7. The molecule has 1 heterocycles. The zero-order valence-corrected chi connectivity index (χ0v) is 9.84. The van der Waals surface area contributed by atoms with Crippen molar-refractivity contribution in [3.05, 3.63) is 0 Å². The number of rotatable bonds is 2. The van der Waals surface area contributed by atoms with Gasteiger partial charge in [-0.25, -0.2) is 4.79 Å². The van der Waals surface area contributed by atoms with Gasteiger partial charge in [0.25, 0.3) is 0 Å². The summed E-state index contributed by atoms with van der Waals surface area (Å²) in [6.07, 6.45) is 2.42. The van der Waals surface area contributed by atoms with Crippen molar-refractivity contribution in [1.82, 2.24) is 9.80 Å². The summed E-state index contributed by atoms with van der Waals surface area (Å²) in [7, 11) is 0. The molecule has 2 rings (SSSR count). The van der Waals surface area contributed by atoms with Crippen LogP contribution < -0.4 is 0 Å². The largest absolute Gasteiger partial charge is 0.323 e. The van der Waals surface area contributed by atoms with Gasteiger partial charge in [-0.3, -0.25) is 0 Å². The molecule has 0 aromatic rings. The molecule has 1 spiro atoms. The fraction of sp³-hybridized carbons (Fsp3) is 0.909. The van der Waals surface area contributed by atoms with E-state index in [9.17, 15) is 4.79 Å². The van der Waals surface area contributed by atoms with Crippen LogP contribution in [0.25, 0.3) is 0 Å². The summed E-state index contributed by atoms with van der Waals surface area (Å²) < 4.78 is 0. The van der Waals surface area contributed by atoms with Crippen LogP contribution >= 0.6 is 0 Å². The third-order valence-electron chi connectivity index (χ3n) is 3.08. The Kier molecular flexibility index (Phi) is 3.40. The normalized spacial score (nSPS) is 22.4. The van der Waals surface area contributed by atoms with Gasteiger partial charge >= 0.3 is 6.03 Å². The predicted molar refractivity (Wildman–Crippen MR) is 58.3 cm³/mol. The Labute approximate surface area is 87.1 Å². The second kappa shape index (κ2) is 4.20. The molecule has 0 atom stereocenters. The molecule has 2 aliphatic rings. The minimum atomic E-state index is 0.248. The van der Waals surface area contributed by atoms with Gasteiger partial charge in [0, 0.05) is 19.6 Å². The number of amides is 2. The summed E-state index contributed by atoms with van der Waals surface area (Å²) in [4.78, 5) is 15.7. The maximum Gasteiger partial charge on any atom is 0.320 e. The van der Waals surface area contributed by atoms with Crippen LogP contribution in [0.2, 0.25) is 0 Å². The molecular formula is C11H22N2O. The van der Waals surface area contributed by atoms with Crippen LogP contribution in [0.15, 0.2) is 0 Å². The molecule has 0 unspecified atom stereocenters. The number of urea groups is 1. The lowest BCUT2D eigenvalue weighted by atomic mass is 10.2. The van der Waals surface area contributed by atoms with E-state index in [0.29, 0.717) is 0 Å². The topological polar surface area (TPSA) is 23.6 Å². The molecule has 2 amide bonds. The molecule has 3 heteroatoms. The van der Waals surface area contributed by atoms with Crippen LogP contribution in [0.3, 0.4) is 0 Å². The molecule has 2 fully saturated rings. The summed E-state index contributed by atoms with van der Waals surface area (Å²) in [6, 6.07) is 0.248. The maximum atomic E-state index is 11.7. The second-order valence-corrected chi connectivity index (χ2v) is 3.77. The van der Waals surface area contributed by atoms with Crippen molar-refractivity contribution in [2.75, 3.05) is 19.6 Å². The van der Waals surface area contributed by atoms with Gasteiger partial charge < -0.3 is 9.80 Å². The van der Waals surface area contributed by atoms with Crippen LogP contribution in [0.4, 0.5) is 4.79 Å². The van der Waals surface area contributed by atoms with Gasteiger partial charge in [-0.05, 0) is 26.7 Å². The van der Waals surface area contributed by atoms with E-state index in [2.05, 4.69) is 6.92 Å². The standard InChI is InChI=1S/C9H16N2O.C2H6/c1-3-10-7-9(5-6-9)11(4-2)8(10)12;1-2/h3-7H2,1-2H3;1-2H3. The highest BCUT2D eigenvalue weighted by atomic mass is 16.2. The summed E-state index contributed by atoms with van der Waals surface area (Å²) in [5.41, 5.74) is 0.266. The number of hydrogen-bond acceptors (Lipinski definition) is 1. The third-order valence-corrected chi connectivity index (χ3v) is 3.08. The number of hydrogen-bond donors (Lipinski definition) is 0. The average Bonchev–Trinajstić information content (AvgIpc) is 2.93. The molecule has 14 heavy (non-hydrogen) atoms. The van der Waals surface area contributed by atoms with E-state index in [1.807, 2.05) is 30.6 Å². The minimum absolute atomic E-state index is 0.248. The van der Waals surface area contributed by atoms with Crippen LogP contribution in [0.1, 0.15) is 40.5 Å². The summed E-state index contributed by atoms with van der Waals surface area (Å²) in [6.45, 7) is 10.8. The fourth-order valence-corrected chi connectivity index (χ4v) is 2.17. The van der Waals surface area contributed by atoms with E-state index in [1.54, 1.807) is 0 Å². The zero-order chi connectivity index (χ0) is 10.8. The van der Waals surface area contributed by atoms with Gasteiger partial charge in [-0.15, -0.1) is 0 Å². The van der Waals surface area contributed by atoms with Gasteiger partial charge in [0.2, 0.25) is 0 Å². The monoisotopic (exact) mass is 198 g/mol. The predicted octanol–water partition coefficient (Wildman–Crippen LogP) is 2.32. The second-order valence-electron chi connectivity index (χ2n) is 3.77. The number of carbonyl (C=O) groups excluding carboxylic acids is 1. The third kappa shape index (κ3) is 1.60. The zero-order valence-electron chi connectivity index (χ0n) is 9.84. The van der Waals surface area contributed by atoms with Crippen LogP contribution in [0.5, 0.6) is 0 Å². The first-order valence-corrected chi connectivity index (χ1v) is 5.80. The first kappa shape index (κ1) is 11.3. The van der Waals surface area contributed by atoms with E-state index in [-0.39, 0.29) is 11.6 Å².